The number of alkyl halides is 6. The summed E-state index contributed by atoms with van der Waals surface area (Å²) in [7, 11) is 0. The number of hydrogen-bond acceptors (Lipinski definition) is 3. The predicted octanol–water partition coefficient (Wildman–Crippen LogP) is 4.24. The van der Waals surface area contributed by atoms with E-state index in [-0.39, 0.29) is 17.3 Å². The topological polar surface area (TPSA) is 25.8 Å². The molecule has 0 atom stereocenters. The van der Waals surface area contributed by atoms with E-state index in [2.05, 4.69) is 9.59 Å². The Balaban J connectivity index is 2.62. The van der Waals surface area contributed by atoms with Crippen LogP contribution in [0.1, 0.15) is 11.1 Å². The Labute approximate surface area is 106 Å². The molecule has 0 unspecified atom stereocenters. The molecule has 0 N–H and O–H groups in total. The van der Waals surface area contributed by atoms with Crippen molar-refractivity contribution >= 4 is 11.5 Å². The molecule has 1 aromatic carbocycles. The van der Waals surface area contributed by atoms with E-state index < -0.39 is 23.5 Å². The molecule has 9 heteroatoms. The largest absolute Gasteiger partial charge is 0.416 e. The zero-order valence-corrected chi connectivity index (χ0v) is 9.70. The van der Waals surface area contributed by atoms with E-state index >= 15 is 0 Å². The number of hydrogen-bond donors (Lipinski definition) is 0. The molecule has 0 aliphatic heterocycles. The Morgan fingerprint density at radius 2 is 1.37 bits per heavy atom. The second-order valence-electron chi connectivity index (χ2n) is 3.58. The molecule has 0 aliphatic carbocycles. The second kappa shape index (κ2) is 4.48. The molecule has 1 aromatic heterocycles. The Morgan fingerprint density at radius 3 is 1.74 bits per heavy atom. The van der Waals surface area contributed by atoms with Gasteiger partial charge in [0.05, 0.1) is 11.1 Å². The van der Waals surface area contributed by atoms with E-state index in [1.54, 1.807) is 0 Å². The summed E-state index contributed by atoms with van der Waals surface area (Å²) in [4.78, 5) is 0. The minimum absolute atomic E-state index is 0.0263. The molecular formula is C10H4F6N2S. The van der Waals surface area contributed by atoms with Crippen molar-refractivity contribution in [3.8, 4) is 11.3 Å². The lowest BCUT2D eigenvalue weighted by Gasteiger charge is -2.13. The standard InChI is InChI=1S/C10H4F6N2S/c11-9(12,13)6-1-5(8-4-19-18-17-8)2-7(3-6)10(14,15)16/h1-4H. The minimum Gasteiger partial charge on any atom is -0.166 e. The molecule has 0 amide bonds. The van der Waals surface area contributed by atoms with E-state index in [1.807, 2.05) is 0 Å². The molecule has 0 spiro atoms. The monoisotopic (exact) mass is 298 g/mol. The molecule has 1 heterocycles. The molecule has 0 fully saturated rings. The van der Waals surface area contributed by atoms with Crippen LogP contribution in [0.3, 0.4) is 0 Å². The van der Waals surface area contributed by atoms with Crippen LogP contribution in [0.5, 0.6) is 0 Å². The minimum atomic E-state index is -4.86. The van der Waals surface area contributed by atoms with Gasteiger partial charge in [-0.1, -0.05) is 4.49 Å². The Kier molecular flexibility index (Phi) is 3.25. The average Bonchev–Trinajstić information content (AvgIpc) is 2.79. The third-order valence-corrected chi connectivity index (χ3v) is 2.75. The Morgan fingerprint density at radius 1 is 0.842 bits per heavy atom. The molecule has 19 heavy (non-hydrogen) atoms. The highest BCUT2D eigenvalue weighted by atomic mass is 32.1. The van der Waals surface area contributed by atoms with Crippen molar-refractivity contribution in [1.29, 1.82) is 0 Å². The van der Waals surface area contributed by atoms with Crippen molar-refractivity contribution in [1.82, 2.24) is 9.59 Å². The summed E-state index contributed by atoms with van der Waals surface area (Å²) < 4.78 is 78.9. The number of aromatic nitrogens is 2. The SMILES string of the molecule is FC(F)(F)c1cc(-c2csnn2)cc(C(F)(F)F)c1. The summed E-state index contributed by atoms with van der Waals surface area (Å²) in [6, 6.07) is 1.31. The molecular weight excluding hydrogens is 294 g/mol. The van der Waals surface area contributed by atoms with Crippen LogP contribution in [0.15, 0.2) is 23.6 Å². The first-order valence-corrected chi connectivity index (χ1v) is 5.58. The van der Waals surface area contributed by atoms with Gasteiger partial charge < -0.3 is 0 Å². The van der Waals surface area contributed by atoms with Crippen LogP contribution in [0.4, 0.5) is 26.3 Å². The maximum Gasteiger partial charge on any atom is 0.416 e. The fourth-order valence-corrected chi connectivity index (χ4v) is 1.86. The van der Waals surface area contributed by atoms with Gasteiger partial charge in [-0.05, 0) is 29.7 Å². The van der Waals surface area contributed by atoms with Crippen LogP contribution >= 0.6 is 11.5 Å². The van der Waals surface area contributed by atoms with Gasteiger partial charge in [0, 0.05) is 10.9 Å². The lowest BCUT2D eigenvalue weighted by Crippen LogP contribution is -2.11. The quantitative estimate of drug-likeness (QED) is 0.736. The summed E-state index contributed by atoms with van der Waals surface area (Å²) in [5.41, 5.74) is -3.03. The lowest BCUT2D eigenvalue weighted by atomic mass is 10.0. The number of rotatable bonds is 1. The zero-order chi connectivity index (χ0) is 14.3. The summed E-state index contributed by atoms with van der Waals surface area (Å²) in [6.45, 7) is 0. The number of benzene rings is 1. The van der Waals surface area contributed by atoms with Crippen LogP contribution in [0, 0.1) is 0 Å². The lowest BCUT2D eigenvalue weighted by molar-refractivity contribution is -0.143. The Bertz CT molecular complexity index is 540. The highest BCUT2D eigenvalue weighted by Gasteiger charge is 2.37. The van der Waals surface area contributed by atoms with Gasteiger partial charge in [0.1, 0.15) is 5.69 Å². The van der Waals surface area contributed by atoms with Gasteiger partial charge in [-0.25, -0.2) is 0 Å². The highest BCUT2D eigenvalue weighted by molar-refractivity contribution is 7.03. The maximum atomic E-state index is 12.6. The van der Waals surface area contributed by atoms with Crippen LogP contribution in [0.2, 0.25) is 0 Å². The molecule has 0 aliphatic rings. The Hall–Kier alpha value is -1.64. The molecule has 102 valence electrons. The average molecular weight is 298 g/mol. The van der Waals surface area contributed by atoms with E-state index in [0.717, 1.165) is 11.5 Å². The fraction of sp³-hybridized carbons (Fsp3) is 0.200. The predicted molar refractivity (Wildman–Crippen MR) is 55.3 cm³/mol. The van der Waals surface area contributed by atoms with Gasteiger partial charge >= 0.3 is 12.4 Å². The van der Waals surface area contributed by atoms with E-state index in [0.29, 0.717) is 12.1 Å². The van der Waals surface area contributed by atoms with Crippen LogP contribution in [0.25, 0.3) is 11.3 Å². The molecule has 2 aromatic rings. The van der Waals surface area contributed by atoms with Crippen molar-refractivity contribution in [2.45, 2.75) is 12.4 Å². The van der Waals surface area contributed by atoms with Gasteiger partial charge in [-0.15, -0.1) is 5.10 Å². The maximum absolute atomic E-state index is 12.6. The molecule has 0 radical (unpaired) electrons. The number of nitrogens with zero attached hydrogens (tertiary/aromatic N) is 2. The van der Waals surface area contributed by atoms with Gasteiger partial charge in [0.15, 0.2) is 0 Å². The van der Waals surface area contributed by atoms with Gasteiger partial charge in [-0.2, -0.15) is 26.3 Å². The molecule has 2 nitrogen and oxygen atoms in total. The molecule has 2 rings (SSSR count). The van der Waals surface area contributed by atoms with Crippen molar-refractivity contribution < 1.29 is 26.3 Å². The van der Waals surface area contributed by atoms with Crippen LogP contribution in [-0.2, 0) is 12.4 Å². The second-order valence-corrected chi connectivity index (χ2v) is 4.19. The highest BCUT2D eigenvalue weighted by Crippen LogP contribution is 2.38. The normalized spacial score (nSPS) is 12.7. The summed E-state index contributed by atoms with van der Waals surface area (Å²) in [6.07, 6.45) is -9.72. The van der Waals surface area contributed by atoms with Gasteiger partial charge in [0.25, 0.3) is 0 Å². The van der Waals surface area contributed by atoms with Crippen molar-refractivity contribution in [2.75, 3.05) is 0 Å². The van der Waals surface area contributed by atoms with E-state index in [4.69, 9.17) is 0 Å². The van der Waals surface area contributed by atoms with Crippen molar-refractivity contribution in [3.63, 3.8) is 0 Å². The van der Waals surface area contributed by atoms with Gasteiger partial charge in [-0.3, -0.25) is 0 Å². The van der Waals surface area contributed by atoms with E-state index in [1.165, 1.54) is 5.38 Å². The molecule has 0 bridgehead atoms. The first kappa shape index (κ1) is 13.8. The summed E-state index contributed by atoms with van der Waals surface area (Å²) in [5.74, 6) is 0. The number of halogens is 6. The van der Waals surface area contributed by atoms with Crippen LogP contribution in [-0.4, -0.2) is 9.59 Å². The summed E-state index contributed by atoms with van der Waals surface area (Å²) in [5, 5.41) is 4.74. The smallest absolute Gasteiger partial charge is 0.166 e. The third kappa shape index (κ3) is 3.03. The van der Waals surface area contributed by atoms with Crippen molar-refractivity contribution in [2.24, 2.45) is 0 Å². The van der Waals surface area contributed by atoms with E-state index in [9.17, 15) is 26.3 Å². The van der Waals surface area contributed by atoms with Gasteiger partial charge in [0.2, 0.25) is 0 Å². The summed E-state index contributed by atoms with van der Waals surface area (Å²) >= 11 is 0.838. The third-order valence-electron chi connectivity index (χ3n) is 2.24. The molecule has 0 saturated carbocycles. The van der Waals surface area contributed by atoms with Crippen molar-refractivity contribution in [3.05, 3.63) is 34.7 Å². The fourth-order valence-electron chi connectivity index (χ4n) is 1.39. The zero-order valence-electron chi connectivity index (χ0n) is 8.88. The first-order valence-electron chi connectivity index (χ1n) is 4.75. The van der Waals surface area contributed by atoms with Crippen LogP contribution < -0.4 is 0 Å². The molecule has 0 saturated heterocycles. The first-order chi connectivity index (χ1) is 8.68.